The fourth-order valence-electron chi connectivity index (χ4n) is 3.69. The molecule has 0 bridgehead atoms. The molecule has 2 atom stereocenters. The summed E-state index contributed by atoms with van der Waals surface area (Å²) in [6, 6.07) is 8.84. The van der Waals surface area contributed by atoms with Crippen LogP contribution in [-0.4, -0.2) is 23.8 Å². The molecule has 0 aliphatic carbocycles. The number of carbonyl (C=O) groups excluding carboxylic acids is 1. The number of hydrogen-bond acceptors (Lipinski definition) is 2. The lowest BCUT2D eigenvalue weighted by Crippen LogP contribution is -2.33. The Morgan fingerprint density at radius 1 is 0.893 bits per heavy atom. The second-order valence-corrected chi connectivity index (χ2v) is 9.27. The normalized spacial score (nSPS) is 12.6. The molecule has 1 aromatic rings. The van der Waals surface area contributed by atoms with Crippen molar-refractivity contribution in [1.29, 1.82) is 0 Å². The molecule has 2 unspecified atom stereocenters. The van der Waals surface area contributed by atoms with Crippen LogP contribution in [0.3, 0.4) is 0 Å². The fraction of sp³-hybridized carbons (Fsp3) is 0.708. The summed E-state index contributed by atoms with van der Waals surface area (Å²) in [6.07, 6.45) is 12.9. The first-order chi connectivity index (χ1) is 13.5. The van der Waals surface area contributed by atoms with E-state index in [1.807, 2.05) is 4.90 Å². The minimum atomic E-state index is -1.84. The maximum Gasteiger partial charge on any atom is 0.462 e. The molecule has 0 saturated heterocycles. The number of amides is 1. The molecule has 0 spiro atoms. The molecule has 1 rings (SSSR count). The Kier molecular flexibility index (Phi) is 13.1. The standard InChI is InChI=1S/C24H41NO2P/c1-5-8-10-11-12-13-15-21-16-18-22(19-17-21)23(14-7-3)25(20-9-6-2)24(26)28(4)27/h16-19,23H,5-15,20H2,1-4H3/q+1. The minimum absolute atomic E-state index is 0.0334. The molecule has 0 fully saturated rings. The van der Waals surface area contributed by atoms with E-state index in [1.165, 1.54) is 56.3 Å². The SMILES string of the molecule is CCCCCCCCc1ccc(C(CCC)N(CCCC)C(=O)[P+](C)=O)cc1. The highest BCUT2D eigenvalue weighted by atomic mass is 31.1. The third kappa shape index (κ3) is 8.86. The van der Waals surface area contributed by atoms with Gasteiger partial charge >= 0.3 is 13.4 Å². The molecule has 158 valence electrons. The Morgan fingerprint density at radius 3 is 2.07 bits per heavy atom. The van der Waals surface area contributed by atoms with E-state index in [0.717, 1.165) is 32.1 Å². The number of unbranched alkanes of at least 4 members (excludes halogenated alkanes) is 6. The predicted octanol–water partition coefficient (Wildman–Crippen LogP) is 8.11. The molecule has 1 aromatic carbocycles. The van der Waals surface area contributed by atoms with E-state index in [1.54, 1.807) is 0 Å². The summed E-state index contributed by atoms with van der Waals surface area (Å²) in [5.41, 5.74) is 2.36. The van der Waals surface area contributed by atoms with Gasteiger partial charge in [-0.1, -0.05) is 94.5 Å². The molecule has 0 radical (unpaired) electrons. The van der Waals surface area contributed by atoms with Crippen LogP contribution in [0.25, 0.3) is 0 Å². The summed E-state index contributed by atoms with van der Waals surface area (Å²) in [6.45, 7) is 8.75. The Balaban J connectivity index is 2.77. The van der Waals surface area contributed by atoms with Crippen molar-refractivity contribution >= 4 is 13.4 Å². The number of carbonyl (C=O) groups is 1. The number of rotatable bonds is 15. The second kappa shape index (κ2) is 14.7. The Labute approximate surface area is 174 Å². The molecule has 0 N–H and O–H groups in total. The van der Waals surface area contributed by atoms with Gasteiger partial charge < -0.3 is 0 Å². The van der Waals surface area contributed by atoms with E-state index in [4.69, 9.17) is 0 Å². The third-order valence-corrected chi connectivity index (χ3v) is 6.19. The van der Waals surface area contributed by atoms with E-state index in [0.29, 0.717) is 6.54 Å². The molecular weight excluding hydrogens is 365 g/mol. The van der Waals surface area contributed by atoms with Gasteiger partial charge in [0, 0.05) is 6.54 Å². The molecule has 0 aliphatic rings. The van der Waals surface area contributed by atoms with Crippen molar-refractivity contribution in [1.82, 2.24) is 4.90 Å². The van der Waals surface area contributed by atoms with E-state index in [-0.39, 0.29) is 11.7 Å². The van der Waals surface area contributed by atoms with Crippen LogP contribution in [0.5, 0.6) is 0 Å². The van der Waals surface area contributed by atoms with Gasteiger partial charge in [-0.3, -0.25) is 4.90 Å². The van der Waals surface area contributed by atoms with E-state index in [2.05, 4.69) is 45.0 Å². The van der Waals surface area contributed by atoms with Gasteiger partial charge in [0.05, 0.1) is 6.04 Å². The van der Waals surface area contributed by atoms with Crippen molar-refractivity contribution < 1.29 is 9.36 Å². The highest BCUT2D eigenvalue weighted by molar-refractivity contribution is 7.62. The maximum atomic E-state index is 12.6. The summed E-state index contributed by atoms with van der Waals surface area (Å²) in [4.78, 5) is 14.5. The Morgan fingerprint density at radius 2 is 1.50 bits per heavy atom. The van der Waals surface area contributed by atoms with Crippen molar-refractivity contribution in [3.63, 3.8) is 0 Å². The van der Waals surface area contributed by atoms with Crippen molar-refractivity contribution in [2.75, 3.05) is 13.2 Å². The van der Waals surface area contributed by atoms with E-state index < -0.39 is 7.80 Å². The van der Waals surface area contributed by atoms with Crippen molar-refractivity contribution in [2.45, 2.75) is 97.4 Å². The van der Waals surface area contributed by atoms with Crippen molar-refractivity contribution in [2.24, 2.45) is 0 Å². The van der Waals surface area contributed by atoms with Gasteiger partial charge in [0.15, 0.2) is 0 Å². The average Bonchev–Trinajstić information content (AvgIpc) is 2.70. The van der Waals surface area contributed by atoms with Crippen LogP contribution in [0.4, 0.5) is 4.79 Å². The fourth-order valence-corrected chi connectivity index (χ4v) is 4.29. The van der Waals surface area contributed by atoms with Gasteiger partial charge in [-0.25, -0.2) is 4.79 Å². The van der Waals surface area contributed by atoms with Gasteiger partial charge in [0.1, 0.15) is 6.66 Å². The monoisotopic (exact) mass is 406 g/mol. The van der Waals surface area contributed by atoms with Crippen LogP contribution >= 0.6 is 7.80 Å². The first-order valence-corrected chi connectivity index (χ1v) is 13.1. The lowest BCUT2D eigenvalue weighted by molar-refractivity contribution is 0.191. The van der Waals surface area contributed by atoms with Crippen LogP contribution in [-0.2, 0) is 11.0 Å². The quantitative estimate of drug-likeness (QED) is 0.218. The van der Waals surface area contributed by atoms with E-state index >= 15 is 0 Å². The van der Waals surface area contributed by atoms with Crippen LogP contribution in [0.2, 0.25) is 0 Å². The lowest BCUT2D eigenvalue weighted by atomic mass is 9.97. The number of hydrogen-bond donors (Lipinski definition) is 0. The van der Waals surface area contributed by atoms with Crippen LogP contribution < -0.4 is 0 Å². The van der Waals surface area contributed by atoms with Gasteiger partial charge in [-0.05, 0) is 36.8 Å². The Hall–Kier alpha value is -1.21. The second-order valence-electron chi connectivity index (χ2n) is 7.89. The minimum Gasteiger partial charge on any atom is -0.293 e. The highest BCUT2D eigenvalue weighted by Crippen LogP contribution is 2.32. The molecule has 0 aromatic heterocycles. The zero-order valence-corrected chi connectivity index (χ0v) is 19.5. The van der Waals surface area contributed by atoms with Gasteiger partial charge in [0.25, 0.3) is 0 Å². The number of aryl methyl sites for hydroxylation is 1. The summed E-state index contributed by atoms with van der Waals surface area (Å²) >= 11 is 0. The number of nitrogens with zero attached hydrogens (tertiary/aromatic N) is 1. The molecule has 0 heterocycles. The zero-order chi connectivity index (χ0) is 20.8. The Bertz CT molecular complexity index is 570. The van der Waals surface area contributed by atoms with E-state index in [9.17, 15) is 9.36 Å². The molecular formula is C24H41NO2P+. The lowest BCUT2D eigenvalue weighted by Gasteiger charge is -2.28. The highest BCUT2D eigenvalue weighted by Gasteiger charge is 2.34. The maximum absolute atomic E-state index is 12.6. The van der Waals surface area contributed by atoms with Crippen LogP contribution in [0, 0.1) is 0 Å². The largest absolute Gasteiger partial charge is 0.462 e. The van der Waals surface area contributed by atoms with Gasteiger partial charge in [-0.2, -0.15) is 0 Å². The third-order valence-electron chi connectivity index (χ3n) is 5.39. The molecule has 0 saturated carbocycles. The summed E-state index contributed by atoms with van der Waals surface area (Å²) in [7, 11) is -1.84. The van der Waals surface area contributed by atoms with Crippen LogP contribution in [0.1, 0.15) is 102 Å². The summed E-state index contributed by atoms with van der Waals surface area (Å²) in [5, 5.41) is 0. The molecule has 4 heteroatoms. The first kappa shape index (κ1) is 24.8. The van der Waals surface area contributed by atoms with Gasteiger partial charge in [-0.15, -0.1) is 0 Å². The first-order valence-electron chi connectivity index (χ1n) is 11.3. The predicted molar refractivity (Wildman–Crippen MR) is 122 cm³/mol. The van der Waals surface area contributed by atoms with Crippen molar-refractivity contribution in [3.05, 3.63) is 35.4 Å². The number of benzene rings is 1. The summed E-state index contributed by atoms with van der Waals surface area (Å²) in [5.74, 6) is 0. The average molecular weight is 407 g/mol. The molecule has 3 nitrogen and oxygen atoms in total. The summed E-state index contributed by atoms with van der Waals surface area (Å²) < 4.78 is 11.9. The molecule has 1 amide bonds. The van der Waals surface area contributed by atoms with Gasteiger partial charge in [0.2, 0.25) is 0 Å². The molecule has 0 aliphatic heterocycles. The van der Waals surface area contributed by atoms with Crippen LogP contribution in [0.15, 0.2) is 24.3 Å². The smallest absolute Gasteiger partial charge is 0.293 e. The molecule has 28 heavy (non-hydrogen) atoms. The van der Waals surface area contributed by atoms with Crippen molar-refractivity contribution in [3.8, 4) is 0 Å². The zero-order valence-electron chi connectivity index (χ0n) is 18.6. The topological polar surface area (TPSA) is 37.4 Å².